The number of benzene rings is 1. The van der Waals surface area contributed by atoms with E-state index in [1.54, 1.807) is 31.2 Å². The molecule has 1 aromatic carbocycles. The van der Waals surface area contributed by atoms with Crippen LogP contribution in [0.25, 0.3) is 0 Å². The maximum atomic E-state index is 12.5. The van der Waals surface area contributed by atoms with Gasteiger partial charge >= 0.3 is 5.97 Å². The van der Waals surface area contributed by atoms with Gasteiger partial charge in [0, 0.05) is 16.7 Å². The molecule has 1 N–H and O–H groups in total. The van der Waals surface area contributed by atoms with Gasteiger partial charge in [0.05, 0.1) is 13.5 Å². The summed E-state index contributed by atoms with van der Waals surface area (Å²) in [5.41, 5.74) is 0.619. The maximum absolute atomic E-state index is 12.5. The molecule has 134 valence electrons. The van der Waals surface area contributed by atoms with E-state index in [-0.39, 0.29) is 29.9 Å². The Morgan fingerprint density at radius 3 is 2.52 bits per heavy atom. The molecule has 0 aromatic heterocycles. The fourth-order valence-electron chi connectivity index (χ4n) is 2.49. The molecule has 7 nitrogen and oxygen atoms in total. The van der Waals surface area contributed by atoms with E-state index in [2.05, 4.69) is 26.0 Å². The smallest absolute Gasteiger partial charge is 0.325 e. The second-order valence-corrected chi connectivity index (χ2v) is 6.62. The maximum Gasteiger partial charge on any atom is 0.325 e. The van der Waals surface area contributed by atoms with Gasteiger partial charge in [-0.25, -0.2) is 0 Å². The van der Waals surface area contributed by atoms with Gasteiger partial charge in [0.2, 0.25) is 5.91 Å². The average Bonchev–Trinajstić information content (AvgIpc) is 2.80. The number of methoxy groups -OCH3 is 1. The lowest BCUT2D eigenvalue weighted by molar-refractivity contribution is -0.141. The first kappa shape index (κ1) is 19.3. The third-order valence-corrected chi connectivity index (χ3v) is 4.74. The monoisotopic (exact) mass is 427 g/mol. The zero-order valence-corrected chi connectivity index (χ0v) is 16.2. The molecule has 0 saturated carbocycles. The molecule has 1 atom stereocenters. The van der Waals surface area contributed by atoms with Crippen molar-refractivity contribution in [3.05, 3.63) is 28.7 Å². The molecule has 1 aromatic rings. The number of likely N-dealkylation sites (N-methyl/N-ethyl adjacent to an activating group) is 1. The van der Waals surface area contributed by atoms with E-state index >= 15 is 0 Å². The molecule has 1 aliphatic heterocycles. The third-order valence-electron chi connectivity index (χ3n) is 3.75. The second kappa shape index (κ2) is 8.39. The molecule has 2 amide bonds. The predicted molar refractivity (Wildman–Crippen MR) is 99.9 cm³/mol. The number of hydrogen-bond acceptors (Lipinski definition) is 5. The summed E-state index contributed by atoms with van der Waals surface area (Å²) in [5.74, 6) is -1.15. The van der Waals surface area contributed by atoms with Gasteiger partial charge in [-0.1, -0.05) is 15.9 Å². The number of amides is 2. The summed E-state index contributed by atoms with van der Waals surface area (Å²) in [7, 11) is 1.26. The number of halogens is 1. The van der Waals surface area contributed by atoms with Crippen LogP contribution in [-0.4, -0.2) is 58.9 Å². The minimum atomic E-state index is -0.818. The number of carbonyl (C=O) groups is 3. The quantitative estimate of drug-likeness (QED) is 0.550. The van der Waals surface area contributed by atoms with Crippen molar-refractivity contribution in [2.24, 2.45) is 0 Å². The predicted octanol–water partition coefficient (Wildman–Crippen LogP) is 1.77. The molecule has 0 bridgehead atoms. The summed E-state index contributed by atoms with van der Waals surface area (Å²) in [4.78, 5) is 39.3. The standard InChI is InChI=1S/C16H18BrN3O4S/c1-3-19-15(23)12(20(16(19)25)9-14(22)24-2)8-13(21)18-11-6-4-10(17)5-7-11/h4-7,12H,3,8-9H2,1-2H3,(H,18,21)/t12-/m0/s1. The van der Waals surface area contributed by atoms with Gasteiger partial charge in [0.15, 0.2) is 5.11 Å². The summed E-state index contributed by atoms with van der Waals surface area (Å²) in [6.45, 7) is 1.98. The van der Waals surface area contributed by atoms with Crippen LogP contribution in [0.2, 0.25) is 0 Å². The summed E-state index contributed by atoms with van der Waals surface area (Å²) >= 11 is 8.59. The Labute approximate surface area is 159 Å². The van der Waals surface area contributed by atoms with Gasteiger partial charge in [0.1, 0.15) is 12.6 Å². The van der Waals surface area contributed by atoms with Gasteiger partial charge < -0.3 is 15.0 Å². The number of ether oxygens (including phenoxy) is 1. The van der Waals surface area contributed by atoms with E-state index in [1.165, 1.54) is 16.9 Å². The highest BCUT2D eigenvalue weighted by molar-refractivity contribution is 9.10. The van der Waals surface area contributed by atoms with Crippen LogP contribution in [0, 0.1) is 0 Å². The first-order chi connectivity index (χ1) is 11.9. The number of hydrogen-bond donors (Lipinski definition) is 1. The Hall–Kier alpha value is -2.00. The number of thiocarbonyl (C=S) groups is 1. The Balaban J connectivity index is 2.11. The van der Waals surface area contributed by atoms with E-state index < -0.39 is 12.0 Å². The SMILES string of the molecule is CCN1C(=O)[C@H](CC(=O)Nc2ccc(Br)cc2)N(CC(=O)OC)C1=S. The third kappa shape index (κ3) is 4.55. The van der Waals surface area contributed by atoms with Gasteiger partial charge in [-0.15, -0.1) is 0 Å². The van der Waals surface area contributed by atoms with E-state index in [0.29, 0.717) is 12.2 Å². The fraction of sp³-hybridized carbons (Fsp3) is 0.375. The molecule has 25 heavy (non-hydrogen) atoms. The minimum Gasteiger partial charge on any atom is -0.468 e. The molecule has 0 unspecified atom stereocenters. The highest BCUT2D eigenvalue weighted by atomic mass is 79.9. The highest BCUT2D eigenvalue weighted by Gasteiger charge is 2.43. The van der Waals surface area contributed by atoms with Crippen LogP contribution in [0.4, 0.5) is 5.69 Å². The van der Waals surface area contributed by atoms with Crippen molar-refractivity contribution in [2.45, 2.75) is 19.4 Å². The molecule has 9 heteroatoms. The summed E-state index contributed by atoms with van der Waals surface area (Å²) in [6.07, 6.45) is -0.109. The van der Waals surface area contributed by atoms with Crippen LogP contribution in [0.5, 0.6) is 0 Å². The number of anilines is 1. The Morgan fingerprint density at radius 1 is 1.32 bits per heavy atom. The number of nitrogens with zero attached hydrogens (tertiary/aromatic N) is 2. The molecule has 0 aliphatic carbocycles. The summed E-state index contributed by atoms with van der Waals surface area (Å²) < 4.78 is 5.54. The fourth-order valence-corrected chi connectivity index (χ4v) is 3.16. The first-order valence-electron chi connectivity index (χ1n) is 7.61. The van der Waals surface area contributed by atoms with E-state index in [1.807, 2.05) is 0 Å². The van der Waals surface area contributed by atoms with Crippen molar-refractivity contribution < 1.29 is 19.1 Å². The van der Waals surface area contributed by atoms with Crippen molar-refractivity contribution in [1.82, 2.24) is 9.80 Å². The normalized spacial score (nSPS) is 17.0. The van der Waals surface area contributed by atoms with Crippen LogP contribution < -0.4 is 5.32 Å². The average molecular weight is 428 g/mol. The van der Waals surface area contributed by atoms with E-state index in [9.17, 15) is 14.4 Å². The molecule has 0 radical (unpaired) electrons. The molecule has 1 heterocycles. The first-order valence-corrected chi connectivity index (χ1v) is 8.81. The van der Waals surface area contributed by atoms with Gasteiger partial charge in [0.25, 0.3) is 5.91 Å². The lowest BCUT2D eigenvalue weighted by atomic mass is 10.1. The van der Waals surface area contributed by atoms with E-state index in [4.69, 9.17) is 12.2 Å². The molecule has 2 rings (SSSR count). The highest BCUT2D eigenvalue weighted by Crippen LogP contribution is 2.21. The lowest BCUT2D eigenvalue weighted by Gasteiger charge is -2.22. The lowest BCUT2D eigenvalue weighted by Crippen LogP contribution is -2.41. The van der Waals surface area contributed by atoms with Gasteiger partial charge in [-0.05, 0) is 43.4 Å². The molecule has 1 saturated heterocycles. The molecule has 1 fully saturated rings. The number of esters is 1. The van der Waals surface area contributed by atoms with Crippen LogP contribution in [0.3, 0.4) is 0 Å². The second-order valence-electron chi connectivity index (χ2n) is 5.34. The minimum absolute atomic E-state index is 0.109. The Bertz CT molecular complexity index is 695. The number of carbonyl (C=O) groups excluding carboxylic acids is 3. The van der Waals surface area contributed by atoms with Crippen molar-refractivity contribution >= 4 is 56.7 Å². The van der Waals surface area contributed by atoms with Crippen molar-refractivity contribution in [3.63, 3.8) is 0 Å². The molecular weight excluding hydrogens is 410 g/mol. The molecule has 0 spiro atoms. The number of rotatable bonds is 6. The van der Waals surface area contributed by atoms with Crippen LogP contribution in [-0.2, 0) is 19.1 Å². The van der Waals surface area contributed by atoms with Crippen LogP contribution in [0.15, 0.2) is 28.7 Å². The van der Waals surface area contributed by atoms with Gasteiger partial charge in [-0.3, -0.25) is 19.3 Å². The summed E-state index contributed by atoms with van der Waals surface area (Å²) in [5, 5.41) is 2.97. The molecule has 1 aliphatic rings. The van der Waals surface area contributed by atoms with Gasteiger partial charge in [-0.2, -0.15) is 0 Å². The zero-order valence-electron chi connectivity index (χ0n) is 13.8. The van der Waals surface area contributed by atoms with E-state index in [0.717, 1.165) is 4.47 Å². The Kier molecular flexibility index (Phi) is 6.49. The zero-order chi connectivity index (χ0) is 18.6. The summed E-state index contributed by atoms with van der Waals surface area (Å²) in [6, 6.07) is 6.27. The molecular formula is C16H18BrN3O4S. The topological polar surface area (TPSA) is 79.0 Å². The van der Waals surface area contributed by atoms with Crippen LogP contribution >= 0.6 is 28.1 Å². The van der Waals surface area contributed by atoms with Crippen molar-refractivity contribution in [3.8, 4) is 0 Å². The van der Waals surface area contributed by atoms with Crippen molar-refractivity contribution in [1.29, 1.82) is 0 Å². The van der Waals surface area contributed by atoms with Crippen molar-refractivity contribution in [2.75, 3.05) is 25.5 Å². The Morgan fingerprint density at radius 2 is 1.96 bits per heavy atom. The number of nitrogens with one attached hydrogen (secondary N) is 1. The largest absolute Gasteiger partial charge is 0.468 e. The van der Waals surface area contributed by atoms with Crippen LogP contribution in [0.1, 0.15) is 13.3 Å².